The van der Waals surface area contributed by atoms with Crippen molar-refractivity contribution in [2.75, 3.05) is 23.8 Å². The van der Waals surface area contributed by atoms with Gasteiger partial charge in [0, 0.05) is 36.1 Å². The molecule has 0 aliphatic heterocycles. The molecule has 0 atom stereocenters. The van der Waals surface area contributed by atoms with E-state index in [4.69, 9.17) is 5.11 Å². The normalized spacial score (nSPS) is 14.0. The van der Waals surface area contributed by atoms with E-state index >= 15 is 0 Å². The number of hydrogen-bond acceptors (Lipinski definition) is 8. The lowest BCUT2D eigenvalue weighted by Gasteiger charge is -2.09. The Labute approximate surface area is 167 Å². The molecule has 10 nitrogen and oxygen atoms in total. The fourth-order valence-electron chi connectivity index (χ4n) is 2.73. The zero-order chi connectivity index (χ0) is 20.3. The molecule has 1 aliphatic carbocycles. The van der Waals surface area contributed by atoms with Crippen molar-refractivity contribution in [3.05, 3.63) is 48.3 Å². The summed E-state index contributed by atoms with van der Waals surface area (Å²) in [5.74, 6) is 2.23. The standard InChI is InChI=1S/C18H21N7O3S/c26-10-9-20-29(27,28)14-5-3-13(4-6-14)21-18-19-8-7-16(23-18)22-17-11-15(24-25-17)12-1-2-12/h3-8,11-12,20,26H,1-2,9-10H2,(H3,19,21,22,23,24,25). The van der Waals surface area contributed by atoms with Crippen molar-refractivity contribution in [1.82, 2.24) is 24.9 Å². The third-order valence-corrected chi connectivity index (χ3v) is 5.83. The first-order valence-electron chi connectivity index (χ1n) is 9.16. The molecule has 0 unspecified atom stereocenters. The Kier molecular flexibility index (Phi) is 5.43. The summed E-state index contributed by atoms with van der Waals surface area (Å²) in [5, 5.41) is 22.2. The maximum Gasteiger partial charge on any atom is 0.240 e. The maximum absolute atomic E-state index is 12.0. The smallest absolute Gasteiger partial charge is 0.240 e. The van der Waals surface area contributed by atoms with Gasteiger partial charge in [-0.3, -0.25) is 5.10 Å². The molecule has 3 aromatic rings. The molecule has 1 aromatic carbocycles. The number of benzene rings is 1. The SMILES string of the molecule is O=S(=O)(NCCO)c1ccc(Nc2nccc(Nc3cc(C4CC4)[nH]n3)n2)cc1. The topological polar surface area (TPSA) is 145 Å². The Morgan fingerprint density at radius 1 is 1.10 bits per heavy atom. The van der Waals surface area contributed by atoms with E-state index in [-0.39, 0.29) is 18.0 Å². The van der Waals surface area contributed by atoms with Gasteiger partial charge in [0.25, 0.3) is 0 Å². The maximum atomic E-state index is 12.0. The zero-order valence-corrected chi connectivity index (χ0v) is 16.3. The molecule has 2 aromatic heterocycles. The summed E-state index contributed by atoms with van der Waals surface area (Å²) in [6, 6.07) is 9.88. The van der Waals surface area contributed by atoms with Crippen molar-refractivity contribution in [2.45, 2.75) is 23.7 Å². The summed E-state index contributed by atoms with van der Waals surface area (Å²) < 4.78 is 26.4. The van der Waals surface area contributed by atoms with Gasteiger partial charge in [-0.1, -0.05) is 0 Å². The van der Waals surface area contributed by atoms with Crippen LogP contribution in [0.25, 0.3) is 0 Å². The van der Waals surface area contributed by atoms with E-state index in [1.807, 2.05) is 6.07 Å². The molecular formula is C18H21N7O3S. The van der Waals surface area contributed by atoms with Crippen LogP contribution < -0.4 is 15.4 Å². The molecule has 1 saturated carbocycles. The lowest BCUT2D eigenvalue weighted by molar-refractivity contribution is 0.301. The first-order chi connectivity index (χ1) is 14.0. The number of aromatic nitrogens is 4. The van der Waals surface area contributed by atoms with Crippen LogP contribution >= 0.6 is 0 Å². The minimum atomic E-state index is -3.64. The van der Waals surface area contributed by atoms with Crippen LogP contribution in [0.4, 0.5) is 23.3 Å². The van der Waals surface area contributed by atoms with Gasteiger partial charge >= 0.3 is 0 Å². The minimum Gasteiger partial charge on any atom is -0.395 e. The van der Waals surface area contributed by atoms with Gasteiger partial charge in [0.1, 0.15) is 5.82 Å². The highest BCUT2D eigenvalue weighted by atomic mass is 32.2. The molecule has 0 amide bonds. The molecule has 0 radical (unpaired) electrons. The second-order valence-electron chi connectivity index (χ2n) is 6.64. The molecular weight excluding hydrogens is 394 g/mol. The number of H-pyrrole nitrogens is 1. The molecule has 0 bridgehead atoms. The lowest BCUT2D eigenvalue weighted by Crippen LogP contribution is -2.26. The highest BCUT2D eigenvalue weighted by Crippen LogP contribution is 2.39. The fraction of sp³-hybridized carbons (Fsp3) is 0.278. The van der Waals surface area contributed by atoms with Crippen molar-refractivity contribution in [3.63, 3.8) is 0 Å². The Hall–Kier alpha value is -3.02. The van der Waals surface area contributed by atoms with Crippen molar-refractivity contribution in [2.24, 2.45) is 0 Å². The predicted octanol–water partition coefficient (Wildman–Crippen LogP) is 1.83. The van der Waals surface area contributed by atoms with Crippen molar-refractivity contribution < 1.29 is 13.5 Å². The number of rotatable bonds is 9. The zero-order valence-electron chi connectivity index (χ0n) is 15.5. The molecule has 11 heteroatoms. The molecule has 4 rings (SSSR count). The number of aliphatic hydroxyl groups excluding tert-OH is 1. The van der Waals surface area contributed by atoms with Gasteiger partial charge in [-0.2, -0.15) is 10.1 Å². The van der Waals surface area contributed by atoms with Crippen molar-refractivity contribution >= 4 is 33.3 Å². The second-order valence-corrected chi connectivity index (χ2v) is 8.41. The number of anilines is 4. The number of hydrogen-bond donors (Lipinski definition) is 5. The van der Waals surface area contributed by atoms with E-state index in [1.54, 1.807) is 24.4 Å². The number of aliphatic hydroxyl groups is 1. The molecule has 1 fully saturated rings. The number of nitrogens with zero attached hydrogens (tertiary/aromatic N) is 3. The molecule has 2 heterocycles. The van der Waals surface area contributed by atoms with Crippen LogP contribution in [0.2, 0.25) is 0 Å². The molecule has 5 N–H and O–H groups in total. The quantitative estimate of drug-likeness (QED) is 0.356. The van der Waals surface area contributed by atoms with Gasteiger partial charge in [-0.25, -0.2) is 18.1 Å². The van der Waals surface area contributed by atoms with Gasteiger partial charge in [0.2, 0.25) is 16.0 Å². The molecule has 152 valence electrons. The summed E-state index contributed by atoms with van der Waals surface area (Å²) in [4.78, 5) is 8.69. The summed E-state index contributed by atoms with van der Waals surface area (Å²) in [6.07, 6.45) is 4.01. The van der Waals surface area contributed by atoms with Gasteiger partial charge in [0.15, 0.2) is 5.82 Å². The van der Waals surface area contributed by atoms with Crippen LogP contribution in [0.3, 0.4) is 0 Å². The van der Waals surface area contributed by atoms with Crippen molar-refractivity contribution in [1.29, 1.82) is 0 Å². The molecule has 0 saturated heterocycles. The average Bonchev–Trinajstić information content (AvgIpc) is 3.47. The summed E-state index contributed by atoms with van der Waals surface area (Å²) >= 11 is 0. The highest BCUT2D eigenvalue weighted by Gasteiger charge is 2.25. The van der Waals surface area contributed by atoms with Gasteiger partial charge < -0.3 is 15.7 Å². The van der Waals surface area contributed by atoms with E-state index in [0.29, 0.717) is 29.2 Å². The molecule has 29 heavy (non-hydrogen) atoms. The highest BCUT2D eigenvalue weighted by molar-refractivity contribution is 7.89. The Bertz CT molecular complexity index is 1080. The average molecular weight is 415 g/mol. The van der Waals surface area contributed by atoms with Gasteiger partial charge in [0.05, 0.1) is 11.5 Å². The first-order valence-corrected chi connectivity index (χ1v) is 10.6. The van der Waals surface area contributed by atoms with Crippen LogP contribution in [0.1, 0.15) is 24.5 Å². The Morgan fingerprint density at radius 2 is 1.90 bits per heavy atom. The number of nitrogens with one attached hydrogen (secondary N) is 4. The molecule has 0 spiro atoms. The van der Waals surface area contributed by atoms with Crippen LogP contribution in [0.5, 0.6) is 0 Å². The van der Waals surface area contributed by atoms with E-state index in [1.165, 1.54) is 25.0 Å². The van der Waals surface area contributed by atoms with Crippen LogP contribution in [0.15, 0.2) is 47.5 Å². The number of sulfonamides is 1. The minimum absolute atomic E-state index is 0.0336. The van der Waals surface area contributed by atoms with E-state index in [2.05, 4.69) is 35.5 Å². The lowest BCUT2D eigenvalue weighted by atomic mass is 10.3. The Morgan fingerprint density at radius 3 is 2.62 bits per heavy atom. The largest absolute Gasteiger partial charge is 0.395 e. The summed E-state index contributed by atoms with van der Waals surface area (Å²) in [7, 11) is -3.64. The fourth-order valence-corrected chi connectivity index (χ4v) is 3.75. The van der Waals surface area contributed by atoms with Gasteiger partial charge in [-0.05, 0) is 43.2 Å². The molecule has 1 aliphatic rings. The van der Waals surface area contributed by atoms with Crippen LogP contribution in [-0.4, -0.2) is 46.8 Å². The predicted molar refractivity (Wildman–Crippen MR) is 108 cm³/mol. The number of aromatic amines is 1. The monoisotopic (exact) mass is 415 g/mol. The first kappa shape index (κ1) is 19.3. The van der Waals surface area contributed by atoms with Crippen molar-refractivity contribution in [3.8, 4) is 0 Å². The summed E-state index contributed by atoms with van der Waals surface area (Å²) in [5.41, 5.74) is 1.77. The van der Waals surface area contributed by atoms with E-state index < -0.39 is 10.0 Å². The van der Waals surface area contributed by atoms with E-state index in [0.717, 1.165) is 5.69 Å². The second kappa shape index (κ2) is 8.15. The van der Waals surface area contributed by atoms with E-state index in [9.17, 15) is 8.42 Å². The van der Waals surface area contributed by atoms with Crippen LogP contribution in [0, 0.1) is 0 Å². The summed E-state index contributed by atoms with van der Waals surface area (Å²) in [6.45, 7) is -0.297. The third kappa shape index (κ3) is 4.88. The van der Waals surface area contributed by atoms with Gasteiger partial charge in [-0.15, -0.1) is 0 Å². The third-order valence-electron chi connectivity index (χ3n) is 4.35. The Balaban J connectivity index is 1.42. The van der Waals surface area contributed by atoms with Crippen LogP contribution in [-0.2, 0) is 10.0 Å².